The number of hydrogen-bond donors (Lipinski definition) is 4. The van der Waals surface area contributed by atoms with E-state index in [2.05, 4.69) is 32.8 Å². The fourth-order valence-electron chi connectivity index (χ4n) is 3.94. The molecule has 1 aromatic rings. The van der Waals surface area contributed by atoms with E-state index in [1.807, 2.05) is 17.9 Å². The molecule has 2 aliphatic rings. The fraction of sp³-hybridized carbons (Fsp3) is 0.440. The number of nitrogens with zero attached hydrogens (tertiary/aromatic N) is 2. The van der Waals surface area contributed by atoms with Crippen LogP contribution >= 0.6 is 0 Å². The number of allylic oxidation sites excluding steroid dienone is 1. The van der Waals surface area contributed by atoms with Gasteiger partial charge in [-0.05, 0) is 55.5 Å². The van der Waals surface area contributed by atoms with E-state index in [0.29, 0.717) is 36.7 Å². The number of fused-ring (bicyclic) bond motifs is 1. The lowest BCUT2D eigenvalue weighted by atomic mass is 9.97. The van der Waals surface area contributed by atoms with E-state index in [9.17, 15) is 14.4 Å². The van der Waals surface area contributed by atoms with Crippen molar-refractivity contribution in [2.75, 3.05) is 38.0 Å². The first kappa shape index (κ1) is 25.0. The van der Waals surface area contributed by atoms with E-state index < -0.39 is 0 Å². The Morgan fingerprint density at radius 1 is 1.21 bits per heavy atom. The lowest BCUT2D eigenvalue weighted by molar-refractivity contribution is -0.130. The van der Waals surface area contributed by atoms with E-state index in [0.717, 1.165) is 49.6 Å². The van der Waals surface area contributed by atoms with Crippen molar-refractivity contribution in [1.82, 2.24) is 20.9 Å². The van der Waals surface area contributed by atoms with Crippen LogP contribution in [-0.2, 0) is 16.0 Å². The Balaban J connectivity index is 1.29. The van der Waals surface area contributed by atoms with Crippen molar-refractivity contribution in [3.63, 3.8) is 0 Å². The van der Waals surface area contributed by atoms with Gasteiger partial charge in [0.25, 0.3) is 5.91 Å². The highest BCUT2D eigenvalue weighted by atomic mass is 16.2. The van der Waals surface area contributed by atoms with Gasteiger partial charge in [0.2, 0.25) is 11.8 Å². The molecule has 9 heteroatoms. The first-order valence-electron chi connectivity index (χ1n) is 11.6. The van der Waals surface area contributed by atoms with E-state index in [1.54, 1.807) is 31.3 Å². The molecule has 182 valence electrons. The van der Waals surface area contributed by atoms with Crippen LogP contribution in [0.3, 0.4) is 0 Å². The highest BCUT2D eigenvalue weighted by molar-refractivity contribution is 6.01. The van der Waals surface area contributed by atoms with Gasteiger partial charge in [-0.3, -0.25) is 19.4 Å². The van der Waals surface area contributed by atoms with Crippen LogP contribution in [0.4, 0.5) is 5.69 Å². The summed E-state index contributed by atoms with van der Waals surface area (Å²) in [5.74, 6) is 1.27. The van der Waals surface area contributed by atoms with E-state index >= 15 is 0 Å². The number of piperidine rings is 1. The second kappa shape index (κ2) is 12.0. The minimum Gasteiger partial charge on any atom is -0.384 e. The van der Waals surface area contributed by atoms with Gasteiger partial charge in [0, 0.05) is 62.8 Å². The maximum atomic E-state index is 12.3. The molecule has 2 heterocycles. The molecular weight excluding hydrogens is 432 g/mol. The van der Waals surface area contributed by atoms with Gasteiger partial charge in [-0.25, -0.2) is 0 Å². The van der Waals surface area contributed by atoms with Crippen molar-refractivity contribution >= 4 is 29.2 Å². The molecule has 0 unspecified atom stereocenters. The van der Waals surface area contributed by atoms with Crippen molar-refractivity contribution in [2.24, 2.45) is 10.9 Å². The Hall–Kier alpha value is -3.62. The monoisotopic (exact) mass is 466 g/mol. The number of likely N-dealkylation sites (tertiary alicyclic amines) is 1. The number of anilines is 1. The Labute approximate surface area is 200 Å². The van der Waals surface area contributed by atoms with E-state index in [-0.39, 0.29) is 17.7 Å². The van der Waals surface area contributed by atoms with Gasteiger partial charge in [-0.2, -0.15) is 0 Å². The van der Waals surface area contributed by atoms with Crippen molar-refractivity contribution in [1.29, 1.82) is 0 Å². The molecule has 34 heavy (non-hydrogen) atoms. The number of carbonyl (C=O) groups is 3. The SMILES string of the molecule is C=C(/C=C\NC(C)=NCC1CCN(C(C)=O)CC1)NCCNC(=O)c1ccc2c(c1)CC(=O)N2. The number of hydrogen-bond acceptors (Lipinski definition) is 5. The molecule has 0 aliphatic carbocycles. The molecule has 4 N–H and O–H groups in total. The second-order valence-electron chi connectivity index (χ2n) is 8.66. The highest BCUT2D eigenvalue weighted by Gasteiger charge is 2.20. The summed E-state index contributed by atoms with van der Waals surface area (Å²) in [5.41, 5.74) is 2.87. The number of nitrogens with one attached hydrogen (secondary N) is 4. The number of benzene rings is 1. The third-order valence-corrected chi connectivity index (χ3v) is 5.98. The Morgan fingerprint density at radius 2 is 1.94 bits per heavy atom. The van der Waals surface area contributed by atoms with Gasteiger partial charge < -0.3 is 26.2 Å². The number of amides is 3. The molecule has 0 spiro atoms. The second-order valence-corrected chi connectivity index (χ2v) is 8.66. The molecule has 1 fully saturated rings. The highest BCUT2D eigenvalue weighted by Crippen LogP contribution is 2.23. The van der Waals surface area contributed by atoms with Gasteiger partial charge >= 0.3 is 0 Å². The normalized spacial score (nSPS) is 16.2. The van der Waals surface area contributed by atoms with E-state index in [1.165, 1.54) is 0 Å². The van der Waals surface area contributed by atoms with Crippen LogP contribution in [0, 0.1) is 5.92 Å². The fourth-order valence-corrected chi connectivity index (χ4v) is 3.94. The Bertz CT molecular complexity index is 992. The zero-order valence-electron chi connectivity index (χ0n) is 19.9. The van der Waals surface area contributed by atoms with E-state index in [4.69, 9.17) is 0 Å². The molecule has 3 amide bonds. The predicted octanol–water partition coefficient (Wildman–Crippen LogP) is 1.79. The molecular formula is C25H34N6O3. The maximum absolute atomic E-state index is 12.3. The van der Waals surface area contributed by atoms with Crippen LogP contribution in [0.5, 0.6) is 0 Å². The van der Waals surface area contributed by atoms with Crippen LogP contribution in [-0.4, -0.2) is 61.2 Å². The number of amidine groups is 1. The largest absolute Gasteiger partial charge is 0.384 e. The van der Waals surface area contributed by atoms with Crippen molar-refractivity contribution in [3.8, 4) is 0 Å². The van der Waals surface area contributed by atoms with Crippen molar-refractivity contribution in [2.45, 2.75) is 33.1 Å². The predicted molar refractivity (Wildman–Crippen MR) is 133 cm³/mol. The molecule has 0 radical (unpaired) electrons. The van der Waals surface area contributed by atoms with Crippen LogP contribution in [0.25, 0.3) is 0 Å². The molecule has 1 saturated heterocycles. The van der Waals surface area contributed by atoms with Crippen molar-refractivity contribution < 1.29 is 14.4 Å². The average molecular weight is 467 g/mol. The summed E-state index contributed by atoms with van der Waals surface area (Å²) in [6.07, 6.45) is 5.89. The molecule has 0 saturated carbocycles. The third kappa shape index (κ3) is 7.47. The zero-order valence-corrected chi connectivity index (χ0v) is 19.9. The topological polar surface area (TPSA) is 115 Å². The molecule has 0 bridgehead atoms. The molecule has 1 aromatic carbocycles. The first-order chi connectivity index (χ1) is 16.3. The number of rotatable bonds is 9. The minimum atomic E-state index is -0.175. The maximum Gasteiger partial charge on any atom is 0.251 e. The first-order valence-corrected chi connectivity index (χ1v) is 11.6. The molecule has 0 atom stereocenters. The number of aliphatic imine (C=N–C) groups is 1. The van der Waals surface area contributed by atoms with Gasteiger partial charge in [0.1, 0.15) is 0 Å². The molecule has 3 rings (SSSR count). The minimum absolute atomic E-state index is 0.0503. The summed E-state index contributed by atoms with van der Waals surface area (Å²) < 4.78 is 0. The molecule has 2 aliphatic heterocycles. The Morgan fingerprint density at radius 3 is 2.68 bits per heavy atom. The standard InChI is InChI=1S/C25H34N6O3/c1-17(6-9-27-18(2)29-16-20-7-12-31(13-8-20)19(3)32)26-10-11-28-25(34)21-4-5-23-22(14-21)15-24(33)30-23/h4-6,9,14,20,26H,1,7-8,10-13,15-16H2,2-3H3,(H,27,29)(H,28,34)(H,30,33)/b9-6-. The van der Waals surface area contributed by atoms with Crippen LogP contribution in [0.2, 0.25) is 0 Å². The lowest BCUT2D eigenvalue weighted by Crippen LogP contribution is -2.37. The summed E-state index contributed by atoms with van der Waals surface area (Å²) in [4.78, 5) is 41.6. The molecule has 9 nitrogen and oxygen atoms in total. The smallest absolute Gasteiger partial charge is 0.251 e. The summed E-state index contributed by atoms with van der Waals surface area (Å²) in [6.45, 7) is 10.9. The lowest BCUT2D eigenvalue weighted by Gasteiger charge is -2.30. The third-order valence-electron chi connectivity index (χ3n) is 5.98. The van der Waals surface area contributed by atoms with Gasteiger partial charge in [0.15, 0.2) is 0 Å². The number of carbonyl (C=O) groups excluding carboxylic acids is 3. The average Bonchev–Trinajstić information content (AvgIpc) is 3.19. The van der Waals surface area contributed by atoms with Crippen molar-refractivity contribution in [3.05, 3.63) is 53.9 Å². The zero-order chi connectivity index (χ0) is 24.5. The quantitative estimate of drug-likeness (QED) is 0.192. The summed E-state index contributed by atoms with van der Waals surface area (Å²) in [7, 11) is 0. The summed E-state index contributed by atoms with van der Waals surface area (Å²) >= 11 is 0. The van der Waals surface area contributed by atoms with Gasteiger partial charge in [-0.1, -0.05) is 6.58 Å². The summed E-state index contributed by atoms with van der Waals surface area (Å²) in [5, 5.41) is 11.9. The summed E-state index contributed by atoms with van der Waals surface area (Å²) in [6, 6.07) is 5.22. The van der Waals surface area contributed by atoms with Gasteiger partial charge in [-0.15, -0.1) is 0 Å². The van der Waals surface area contributed by atoms with Crippen LogP contribution in [0.15, 0.2) is 47.7 Å². The van der Waals surface area contributed by atoms with Gasteiger partial charge in [0.05, 0.1) is 12.3 Å². The van der Waals surface area contributed by atoms with Crippen LogP contribution < -0.4 is 21.3 Å². The Kier molecular flexibility index (Phi) is 8.84. The molecule has 0 aromatic heterocycles. The van der Waals surface area contributed by atoms with Crippen LogP contribution in [0.1, 0.15) is 42.6 Å².